The third-order valence-electron chi connectivity index (χ3n) is 1.45. The second-order valence-electron chi connectivity index (χ2n) is 2.23. The summed E-state index contributed by atoms with van der Waals surface area (Å²) in [6.45, 7) is 0. The van der Waals surface area contributed by atoms with Crippen molar-refractivity contribution in [2.75, 3.05) is 7.11 Å². The molecule has 0 aliphatic rings. The average molecular weight is 203 g/mol. The van der Waals surface area contributed by atoms with Crippen molar-refractivity contribution in [3.8, 4) is 5.75 Å². The predicted molar refractivity (Wildman–Crippen MR) is 46.9 cm³/mol. The molecule has 1 aromatic carbocycles. The predicted octanol–water partition coefficient (Wildman–Crippen LogP) is 2.03. The minimum absolute atomic E-state index is 0.173. The first-order valence-electron chi connectivity index (χ1n) is 3.27. The van der Waals surface area contributed by atoms with Gasteiger partial charge in [-0.3, -0.25) is 10.1 Å². The fraction of sp³-hybridized carbons (Fsp3) is 0.143. The molecule has 0 spiro atoms. The van der Waals surface area contributed by atoms with E-state index < -0.39 is 16.4 Å². The smallest absolute Gasteiger partial charge is 0.306 e. The zero-order valence-corrected chi connectivity index (χ0v) is 7.55. The van der Waals surface area contributed by atoms with E-state index in [0.29, 0.717) is 0 Å². The standard InChI is InChI=1S/C7H6FNO3S/c1-12-6-2-4(8)5(9(10)11)3-7(6)13/h2-3,13H,1H3. The highest BCUT2D eigenvalue weighted by molar-refractivity contribution is 7.80. The highest BCUT2D eigenvalue weighted by Gasteiger charge is 2.16. The molecule has 6 heteroatoms. The lowest BCUT2D eigenvalue weighted by Gasteiger charge is -2.03. The number of hydrogen-bond donors (Lipinski definition) is 1. The number of rotatable bonds is 2. The second-order valence-corrected chi connectivity index (χ2v) is 2.71. The van der Waals surface area contributed by atoms with Gasteiger partial charge in [-0.2, -0.15) is 4.39 Å². The van der Waals surface area contributed by atoms with E-state index in [9.17, 15) is 14.5 Å². The van der Waals surface area contributed by atoms with Crippen LogP contribution in [0.3, 0.4) is 0 Å². The first-order valence-corrected chi connectivity index (χ1v) is 3.72. The molecule has 0 radical (unpaired) electrons. The molecule has 0 aliphatic carbocycles. The maximum Gasteiger partial charge on any atom is 0.306 e. The number of ether oxygens (including phenoxy) is 1. The number of nitro groups is 1. The summed E-state index contributed by atoms with van der Waals surface area (Å²) in [4.78, 5) is 9.69. The largest absolute Gasteiger partial charge is 0.495 e. The van der Waals surface area contributed by atoms with Gasteiger partial charge in [0.05, 0.1) is 16.9 Å². The molecular weight excluding hydrogens is 197 g/mol. The van der Waals surface area contributed by atoms with E-state index in [1.54, 1.807) is 0 Å². The molecule has 0 saturated carbocycles. The molecule has 0 aliphatic heterocycles. The number of nitro benzene ring substituents is 1. The zero-order chi connectivity index (χ0) is 10.0. The fourth-order valence-corrected chi connectivity index (χ4v) is 1.11. The lowest BCUT2D eigenvalue weighted by atomic mass is 10.3. The van der Waals surface area contributed by atoms with Gasteiger partial charge in [0.2, 0.25) is 5.82 Å². The van der Waals surface area contributed by atoms with Crippen LogP contribution in [0.15, 0.2) is 17.0 Å². The highest BCUT2D eigenvalue weighted by atomic mass is 32.1. The molecule has 0 atom stereocenters. The van der Waals surface area contributed by atoms with Gasteiger partial charge < -0.3 is 4.74 Å². The summed E-state index contributed by atoms with van der Waals surface area (Å²) in [6.07, 6.45) is 0. The molecule has 0 unspecified atom stereocenters. The first-order chi connectivity index (χ1) is 6.06. The van der Waals surface area contributed by atoms with E-state index in [2.05, 4.69) is 12.6 Å². The number of benzene rings is 1. The van der Waals surface area contributed by atoms with Gasteiger partial charge in [-0.05, 0) is 0 Å². The van der Waals surface area contributed by atoms with Crippen molar-refractivity contribution < 1.29 is 14.1 Å². The Morgan fingerprint density at radius 1 is 1.62 bits per heavy atom. The minimum Gasteiger partial charge on any atom is -0.495 e. The second kappa shape index (κ2) is 3.61. The van der Waals surface area contributed by atoms with Gasteiger partial charge in [0.25, 0.3) is 0 Å². The van der Waals surface area contributed by atoms with Crippen LogP contribution in [-0.2, 0) is 0 Å². The van der Waals surface area contributed by atoms with Crippen molar-refractivity contribution in [1.82, 2.24) is 0 Å². The Kier molecular flexibility index (Phi) is 2.72. The van der Waals surface area contributed by atoms with E-state index in [1.807, 2.05) is 0 Å². The molecule has 0 fully saturated rings. The normalized spacial score (nSPS) is 9.77. The van der Waals surface area contributed by atoms with Crippen molar-refractivity contribution >= 4 is 18.3 Å². The van der Waals surface area contributed by atoms with Gasteiger partial charge >= 0.3 is 5.69 Å². The van der Waals surface area contributed by atoms with Gasteiger partial charge in [0.15, 0.2) is 0 Å². The van der Waals surface area contributed by atoms with Crippen molar-refractivity contribution in [3.05, 3.63) is 28.1 Å². The number of halogens is 1. The van der Waals surface area contributed by atoms with Crippen LogP contribution >= 0.6 is 12.6 Å². The van der Waals surface area contributed by atoms with Crippen LogP contribution in [0, 0.1) is 15.9 Å². The van der Waals surface area contributed by atoms with Gasteiger partial charge in [0, 0.05) is 12.1 Å². The summed E-state index contributed by atoms with van der Waals surface area (Å²) < 4.78 is 17.6. The Hall–Kier alpha value is -1.30. The summed E-state index contributed by atoms with van der Waals surface area (Å²) >= 11 is 3.89. The third kappa shape index (κ3) is 1.89. The van der Waals surface area contributed by atoms with E-state index in [1.165, 1.54) is 7.11 Å². The Morgan fingerprint density at radius 2 is 2.23 bits per heavy atom. The molecule has 0 bridgehead atoms. The molecule has 0 N–H and O–H groups in total. The molecule has 1 rings (SSSR count). The molecule has 0 aromatic heterocycles. The van der Waals surface area contributed by atoms with Crippen LogP contribution in [0.4, 0.5) is 10.1 Å². The monoisotopic (exact) mass is 203 g/mol. The SMILES string of the molecule is COc1cc(F)c([N+](=O)[O-])cc1S. The van der Waals surface area contributed by atoms with Crippen LogP contribution in [0.2, 0.25) is 0 Å². The number of thiol groups is 1. The molecule has 1 aromatic rings. The van der Waals surface area contributed by atoms with E-state index in [4.69, 9.17) is 4.74 Å². The lowest BCUT2D eigenvalue weighted by molar-refractivity contribution is -0.387. The first kappa shape index (κ1) is 9.79. The van der Waals surface area contributed by atoms with Crippen LogP contribution in [0.1, 0.15) is 0 Å². The molecule has 0 heterocycles. The molecule has 4 nitrogen and oxygen atoms in total. The molecule has 13 heavy (non-hydrogen) atoms. The maximum atomic E-state index is 12.9. The van der Waals surface area contributed by atoms with Crippen molar-refractivity contribution in [1.29, 1.82) is 0 Å². The quantitative estimate of drug-likeness (QED) is 0.454. The molecule has 70 valence electrons. The Morgan fingerprint density at radius 3 is 2.69 bits per heavy atom. The zero-order valence-electron chi connectivity index (χ0n) is 6.65. The summed E-state index contributed by atoms with van der Waals surface area (Å²) in [5.41, 5.74) is -0.606. The van der Waals surface area contributed by atoms with Gasteiger partial charge in [-0.1, -0.05) is 0 Å². The topological polar surface area (TPSA) is 52.4 Å². The lowest BCUT2D eigenvalue weighted by Crippen LogP contribution is -1.94. The van der Waals surface area contributed by atoms with Crippen molar-refractivity contribution in [2.24, 2.45) is 0 Å². The summed E-state index contributed by atoms with van der Waals surface area (Å²) in [5.74, 6) is -0.758. The molecular formula is C7H6FNO3S. The summed E-state index contributed by atoms with van der Waals surface area (Å²) in [7, 11) is 1.33. The van der Waals surface area contributed by atoms with Crippen LogP contribution in [0.5, 0.6) is 5.75 Å². The Balaban J connectivity index is 3.28. The highest BCUT2D eigenvalue weighted by Crippen LogP contribution is 2.29. The van der Waals surface area contributed by atoms with Gasteiger partial charge in [-0.25, -0.2) is 0 Å². The molecule has 0 saturated heterocycles. The van der Waals surface area contributed by atoms with Crippen molar-refractivity contribution in [3.63, 3.8) is 0 Å². The Labute approximate surface area is 78.9 Å². The minimum atomic E-state index is -0.931. The van der Waals surface area contributed by atoms with E-state index in [0.717, 1.165) is 12.1 Å². The summed E-state index contributed by atoms with van der Waals surface area (Å²) in [5, 5.41) is 10.3. The van der Waals surface area contributed by atoms with Crippen LogP contribution in [-0.4, -0.2) is 12.0 Å². The average Bonchev–Trinajstić information content (AvgIpc) is 2.07. The van der Waals surface area contributed by atoms with E-state index >= 15 is 0 Å². The fourth-order valence-electron chi connectivity index (χ4n) is 0.836. The van der Waals surface area contributed by atoms with Gasteiger partial charge in [0.1, 0.15) is 5.75 Å². The summed E-state index contributed by atoms with van der Waals surface area (Å²) in [6, 6.07) is 1.94. The Bertz CT molecular complexity index is 356. The van der Waals surface area contributed by atoms with Crippen molar-refractivity contribution in [2.45, 2.75) is 4.90 Å². The number of nitrogens with zero attached hydrogens (tertiary/aromatic N) is 1. The third-order valence-corrected chi connectivity index (χ3v) is 1.79. The molecule has 0 amide bonds. The van der Waals surface area contributed by atoms with Gasteiger partial charge in [-0.15, -0.1) is 12.6 Å². The maximum absolute atomic E-state index is 12.9. The number of methoxy groups -OCH3 is 1. The van der Waals surface area contributed by atoms with E-state index in [-0.39, 0.29) is 10.6 Å². The van der Waals surface area contributed by atoms with Crippen LogP contribution in [0.25, 0.3) is 0 Å². The van der Waals surface area contributed by atoms with Crippen LogP contribution < -0.4 is 4.74 Å². The number of hydrogen-bond acceptors (Lipinski definition) is 4.